The van der Waals surface area contributed by atoms with Gasteiger partial charge in [0.2, 0.25) is 0 Å². The smallest absolute Gasteiger partial charge is 0.260 e. The van der Waals surface area contributed by atoms with Crippen LogP contribution >= 0.6 is 11.3 Å². The second-order valence-corrected chi connectivity index (χ2v) is 5.54. The van der Waals surface area contributed by atoms with Crippen LogP contribution in [0.4, 0.5) is 0 Å². The summed E-state index contributed by atoms with van der Waals surface area (Å²) < 4.78 is 5.41. The van der Waals surface area contributed by atoms with Crippen LogP contribution in [0.3, 0.4) is 0 Å². The zero-order valence-electron chi connectivity index (χ0n) is 11.5. The monoisotopic (exact) mass is 286 g/mol. The molecule has 0 bridgehead atoms. The minimum Gasteiger partial charge on any atom is -0.496 e. The Bertz CT molecular complexity index is 849. The average molecular weight is 286 g/mol. The first-order valence-corrected chi connectivity index (χ1v) is 7.11. The van der Waals surface area contributed by atoms with Crippen molar-refractivity contribution >= 4 is 21.6 Å². The Morgan fingerprint density at radius 1 is 1.25 bits per heavy atom. The maximum atomic E-state index is 12.2. The van der Waals surface area contributed by atoms with Crippen molar-refractivity contribution in [3.63, 3.8) is 0 Å². The van der Waals surface area contributed by atoms with Crippen molar-refractivity contribution in [2.24, 2.45) is 0 Å². The first-order valence-electron chi connectivity index (χ1n) is 6.23. The van der Waals surface area contributed by atoms with E-state index in [4.69, 9.17) is 4.74 Å². The van der Waals surface area contributed by atoms with Gasteiger partial charge in [0, 0.05) is 16.5 Å². The molecule has 1 aromatic carbocycles. The first kappa shape index (κ1) is 12.9. The first-order chi connectivity index (χ1) is 9.60. The number of nitrogens with zero attached hydrogens (tertiary/aromatic N) is 1. The fraction of sp³-hybridized carbons (Fsp3) is 0.200. The number of fused-ring (bicyclic) bond motifs is 1. The Balaban J connectivity index is 2.36. The molecule has 0 aliphatic heterocycles. The summed E-state index contributed by atoms with van der Waals surface area (Å²) in [7, 11) is 1.63. The highest BCUT2D eigenvalue weighted by Gasteiger charge is 2.15. The molecular weight excluding hydrogens is 272 g/mol. The fourth-order valence-corrected chi connectivity index (χ4v) is 3.27. The van der Waals surface area contributed by atoms with E-state index in [0.717, 1.165) is 27.3 Å². The Morgan fingerprint density at radius 2 is 2.05 bits per heavy atom. The SMILES string of the molecule is COc1ccc(C)cc1-c1csc2nc(C)[nH]c(=O)c12. The number of H-pyrrole nitrogens is 1. The predicted octanol–water partition coefficient (Wildman–Crippen LogP) is 3.28. The number of hydrogen-bond donors (Lipinski definition) is 1. The number of methoxy groups -OCH3 is 1. The van der Waals surface area contributed by atoms with Crippen LogP contribution in [0, 0.1) is 13.8 Å². The van der Waals surface area contributed by atoms with E-state index in [1.54, 1.807) is 14.0 Å². The highest BCUT2D eigenvalue weighted by atomic mass is 32.1. The summed E-state index contributed by atoms with van der Waals surface area (Å²) in [4.78, 5) is 20.1. The molecular formula is C15H14N2O2S. The van der Waals surface area contributed by atoms with E-state index in [2.05, 4.69) is 9.97 Å². The third-order valence-electron chi connectivity index (χ3n) is 3.21. The molecule has 2 heterocycles. The molecule has 0 saturated heterocycles. The summed E-state index contributed by atoms with van der Waals surface area (Å²) in [6.07, 6.45) is 0. The normalized spacial score (nSPS) is 10.9. The molecule has 2 aromatic heterocycles. The van der Waals surface area contributed by atoms with Gasteiger partial charge in [-0.2, -0.15) is 0 Å². The number of thiophene rings is 1. The van der Waals surface area contributed by atoms with E-state index in [9.17, 15) is 4.79 Å². The lowest BCUT2D eigenvalue weighted by Gasteiger charge is -2.08. The molecule has 0 atom stereocenters. The summed E-state index contributed by atoms with van der Waals surface area (Å²) in [5, 5.41) is 2.59. The van der Waals surface area contributed by atoms with E-state index in [0.29, 0.717) is 11.2 Å². The molecule has 4 nitrogen and oxygen atoms in total. The molecule has 0 radical (unpaired) electrons. The third-order valence-corrected chi connectivity index (χ3v) is 4.08. The van der Waals surface area contributed by atoms with Gasteiger partial charge in [-0.05, 0) is 26.0 Å². The molecule has 0 saturated carbocycles. The molecule has 0 unspecified atom stereocenters. The molecule has 102 valence electrons. The number of benzene rings is 1. The highest BCUT2D eigenvalue weighted by molar-refractivity contribution is 7.17. The van der Waals surface area contributed by atoms with E-state index < -0.39 is 0 Å². The Labute approximate surface area is 120 Å². The summed E-state index contributed by atoms with van der Waals surface area (Å²) >= 11 is 1.48. The van der Waals surface area contributed by atoms with Crippen LogP contribution in [-0.2, 0) is 0 Å². The van der Waals surface area contributed by atoms with Crippen molar-refractivity contribution < 1.29 is 4.74 Å². The van der Waals surface area contributed by atoms with Crippen LogP contribution in [0.1, 0.15) is 11.4 Å². The van der Waals surface area contributed by atoms with Gasteiger partial charge in [-0.25, -0.2) is 4.98 Å². The third kappa shape index (κ3) is 2.00. The van der Waals surface area contributed by atoms with E-state index in [1.165, 1.54) is 11.3 Å². The van der Waals surface area contributed by atoms with Gasteiger partial charge in [-0.15, -0.1) is 11.3 Å². The van der Waals surface area contributed by atoms with Crippen molar-refractivity contribution in [2.45, 2.75) is 13.8 Å². The molecule has 0 spiro atoms. The Hall–Kier alpha value is -2.14. The Kier molecular flexibility index (Phi) is 3.06. The number of aromatic amines is 1. The van der Waals surface area contributed by atoms with Gasteiger partial charge in [-0.3, -0.25) is 4.79 Å². The number of hydrogen-bond acceptors (Lipinski definition) is 4. The maximum Gasteiger partial charge on any atom is 0.260 e. The molecule has 0 aliphatic rings. The number of aryl methyl sites for hydroxylation is 2. The van der Waals surface area contributed by atoms with Gasteiger partial charge in [0.1, 0.15) is 16.4 Å². The van der Waals surface area contributed by atoms with Gasteiger partial charge in [-0.1, -0.05) is 11.6 Å². The van der Waals surface area contributed by atoms with Crippen molar-refractivity contribution in [3.05, 3.63) is 45.3 Å². The lowest BCUT2D eigenvalue weighted by molar-refractivity contribution is 0.416. The molecule has 5 heteroatoms. The van der Waals surface area contributed by atoms with Gasteiger partial charge in [0.25, 0.3) is 5.56 Å². The van der Waals surface area contributed by atoms with Crippen LogP contribution in [0.5, 0.6) is 5.75 Å². The second-order valence-electron chi connectivity index (χ2n) is 4.68. The quantitative estimate of drug-likeness (QED) is 0.786. The van der Waals surface area contributed by atoms with Crippen molar-refractivity contribution in [1.29, 1.82) is 0 Å². The number of aromatic nitrogens is 2. The van der Waals surface area contributed by atoms with E-state index in [-0.39, 0.29) is 5.56 Å². The minimum atomic E-state index is -0.104. The van der Waals surface area contributed by atoms with Crippen LogP contribution in [0.2, 0.25) is 0 Å². The van der Waals surface area contributed by atoms with Gasteiger partial charge >= 0.3 is 0 Å². The highest BCUT2D eigenvalue weighted by Crippen LogP contribution is 2.36. The molecule has 0 aliphatic carbocycles. The molecule has 0 amide bonds. The number of rotatable bonds is 2. The molecule has 20 heavy (non-hydrogen) atoms. The summed E-state index contributed by atoms with van der Waals surface area (Å²) in [5.41, 5.74) is 2.82. The summed E-state index contributed by atoms with van der Waals surface area (Å²) in [6, 6.07) is 5.94. The number of ether oxygens (including phenoxy) is 1. The summed E-state index contributed by atoms with van der Waals surface area (Å²) in [6.45, 7) is 3.80. The van der Waals surface area contributed by atoms with E-state index >= 15 is 0 Å². The van der Waals surface area contributed by atoms with Crippen molar-refractivity contribution in [3.8, 4) is 16.9 Å². The lowest BCUT2D eigenvalue weighted by atomic mass is 10.0. The predicted molar refractivity (Wildman–Crippen MR) is 81.7 cm³/mol. The van der Waals surface area contributed by atoms with E-state index in [1.807, 2.05) is 30.5 Å². The summed E-state index contributed by atoms with van der Waals surface area (Å²) in [5.74, 6) is 1.39. The topological polar surface area (TPSA) is 55.0 Å². The standard InChI is InChI=1S/C15H14N2O2S/c1-8-4-5-12(19-3)10(6-8)11-7-20-15-13(11)14(18)16-9(2)17-15/h4-7H,1-3H3,(H,16,17,18). The maximum absolute atomic E-state index is 12.2. The zero-order chi connectivity index (χ0) is 14.3. The van der Waals surface area contributed by atoms with Crippen LogP contribution < -0.4 is 10.3 Å². The van der Waals surface area contributed by atoms with Gasteiger partial charge < -0.3 is 9.72 Å². The van der Waals surface area contributed by atoms with Crippen molar-refractivity contribution in [2.75, 3.05) is 7.11 Å². The second kappa shape index (κ2) is 4.76. The average Bonchev–Trinajstić information content (AvgIpc) is 2.82. The fourth-order valence-electron chi connectivity index (χ4n) is 2.29. The number of nitrogens with one attached hydrogen (secondary N) is 1. The largest absolute Gasteiger partial charge is 0.496 e. The minimum absolute atomic E-state index is 0.104. The zero-order valence-corrected chi connectivity index (χ0v) is 12.3. The Morgan fingerprint density at radius 3 is 2.80 bits per heavy atom. The van der Waals surface area contributed by atoms with Gasteiger partial charge in [0.05, 0.1) is 12.5 Å². The van der Waals surface area contributed by atoms with Crippen LogP contribution in [0.25, 0.3) is 21.3 Å². The molecule has 3 rings (SSSR count). The lowest BCUT2D eigenvalue weighted by Crippen LogP contribution is -2.09. The van der Waals surface area contributed by atoms with Crippen LogP contribution in [0.15, 0.2) is 28.4 Å². The van der Waals surface area contributed by atoms with Crippen molar-refractivity contribution in [1.82, 2.24) is 9.97 Å². The van der Waals surface area contributed by atoms with Gasteiger partial charge in [0.15, 0.2) is 0 Å². The molecule has 3 aromatic rings. The van der Waals surface area contributed by atoms with Crippen LogP contribution in [-0.4, -0.2) is 17.1 Å². The molecule has 0 fully saturated rings. The molecule has 1 N–H and O–H groups in total.